The summed E-state index contributed by atoms with van der Waals surface area (Å²) in [5.74, 6) is 0.763. The largest absolute Gasteiger partial charge is 0.481 e. The Kier molecular flexibility index (Phi) is 5.23. The third kappa shape index (κ3) is 4.21. The number of carbonyl (C=O) groups is 1. The molecule has 0 spiro atoms. The smallest absolute Gasteiger partial charge is 0.263 e. The van der Waals surface area contributed by atoms with Crippen LogP contribution in [0.5, 0.6) is 5.75 Å². The Hall–Kier alpha value is -1.55. The minimum absolute atomic E-state index is 0.0246. The van der Waals surface area contributed by atoms with Gasteiger partial charge in [0.15, 0.2) is 6.10 Å². The van der Waals surface area contributed by atoms with Crippen LogP contribution in [0.3, 0.4) is 0 Å². The molecular formula is C17H25NO3. The number of ether oxygens (including phenoxy) is 2. The van der Waals surface area contributed by atoms with Gasteiger partial charge in [-0.3, -0.25) is 4.79 Å². The molecule has 3 atom stereocenters. The van der Waals surface area contributed by atoms with E-state index in [4.69, 9.17) is 9.47 Å². The molecule has 1 fully saturated rings. The number of hydrogen-bond acceptors (Lipinski definition) is 3. The second-order valence-corrected chi connectivity index (χ2v) is 5.76. The molecule has 1 aromatic carbocycles. The molecule has 1 aromatic rings. The number of nitrogens with zero attached hydrogens (tertiary/aromatic N) is 1. The van der Waals surface area contributed by atoms with Crippen molar-refractivity contribution >= 4 is 5.91 Å². The van der Waals surface area contributed by atoms with Crippen LogP contribution in [0.2, 0.25) is 0 Å². The van der Waals surface area contributed by atoms with E-state index in [1.165, 1.54) is 5.56 Å². The lowest BCUT2D eigenvalue weighted by molar-refractivity contribution is -0.149. The molecule has 0 bridgehead atoms. The van der Waals surface area contributed by atoms with Gasteiger partial charge in [-0.2, -0.15) is 0 Å². The van der Waals surface area contributed by atoms with Crippen LogP contribution in [-0.2, 0) is 16.0 Å². The first-order valence-corrected chi connectivity index (χ1v) is 7.69. The summed E-state index contributed by atoms with van der Waals surface area (Å²) in [5.41, 5.74) is 1.26. The summed E-state index contributed by atoms with van der Waals surface area (Å²) < 4.78 is 11.4. The van der Waals surface area contributed by atoms with Crippen LogP contribution in [0.15, 0.2) is 24.3 Å². The van der Waals surface area contributed by atoms with E-state index >= 15 is 0 Å². The first kappa shape index (κ1) is 15.8. The van der Waals surface area contributed by atoms with Crippen LogP contribution in [0.1, 0.15) is 33.3 Å². The highest BCUT2D eigenvalue weighted by Crippen LogP contribution is 2.17. The highest BCUT2D eigenvalue weighted by Gasteiger charge is 2.29. The van der Waals surface area contributed by atoms with Gasteiger partial charge in [-0.1, -0.05) is 19.1 Å². The van der Waals surface area contributed by atoms with Crippen molar-refractivity contribution in [3.05, 3.63) is 29.8 Å². The standard InChI is InChI=1S/C17H25NO3/c1-5-15-6-8-16(9-7-15)21-14(4)17(19)18-10-12(2)20-13(3)11-18/h6-9,12-14H,5,10-11H2,1-4H3/t12-,13-,14-/m1/s1. The maximum atomic E-state index is 12.5. The van der Waals surface area contributed by atoms with Crippen LogP contribution in [0.25, 0.3) is 0 Å². The molecule has 0 radical (unpaired) electrons. The van der Waals surface area contributed by atoms with Crippen LogP contribution in [0.4, 0.5) is 0 Å². The average molecular weight is 291 g/mol. The topological polar surface area (TPSA) is 38.8 Å². The molecule has 116 valence electrons. The van der Waals surface area contributed by atoms with Gasteiger partial charge in [0.25, 0.3) is 5.91 Å². The summed E-state index contributed by atoms with van der Waals surface area (Å²) in [4.78, 5) is 14.3. The Morgan fingerprint density at radius 2 is 1.86 bits per heavy atom. The minimum Gasteiger partial charge on any atom is -0.481 e. The lowest BCUT2D eigenvalue weighted by Gasteiger charge is -2.36. The van der Waals surface area contributed by atoms with Crippen molar-refractivity contribution in [3.63, 3.8) is 0 Å². The molecule has 0 aromatic heterocycles. The molecule has 21 heavy (non-hydrogen) atoms. The first-order valence-electron chi connectivity index (χ1n) is 7.69. The average Bonchev–Trinajstić information content (AvgIpc) is 2.46. The maximum Gasteiger partial charge on any atom is 0.263 e. The van der Waals surface area contributed by atoms with Crippen molar-refractivity contribution in [3.8, 4) is 5.75 Å². The summed E-state index contributed by atoms with van der Waals surface area (Å²) >= 11 is 0. The van der Waals surface area contributed by atoms with E-state index in [2.05, 4.69) is 6.92 Å². The molecule has 0 N–H and O–H groups in total. The van der Waals surface area contributed by atoms with Gasteiger partial charge in [0, 0.05) is 13.1 Å². The van der Waals surface area contributed by atoms with Gasteiger partial charge < -0.3 is 14.4 Å². The predicted octanol–water partition coefficient (Wildman–Crippen LogP) is 2.65. The number of aryl methyl sites for hydroxylation is 1. The van der Waals surface area contributed by atoms with Crippen LogP contribution in [-0.4, -0.2) is 42.2 Å². The molecule has 2 rings (SSSR count). The number of carbonyl (C=O) groups excluding carboxylic acids is 1. The predicted molar refractivity (Wildman–Crippen MR) is 82.5 cm³/mol. The monoisotopic (exact) mass is 291 g/mol. The highest BCUT2D eigenvalue weighted by atomic mass is 16.5. The van der Waals surface area contributed by atoms with Crippen molar-refractivity contribution in [2.75, 3.05) is 13.1 Å². The quantitative estimate of drug-likeness (QED) is 0.856. The second-order valence-electron chi connectivity index (χ2n) is 5.76. The van der Waals surface area contributed by atoms with Gasteiger partial charge in [-0.05, 0) is 44.9 Å². The molecule has 4 nitrogen and oxygen atoms in total. The lowest BCUT2D eigenvalue weighted by Crippen LogP contribution is -2.51. The van der Waals surface area contributed by atoms with E-state index in [9.17, 15) is 4.79 Å². The fraction of sp³-hybridized carbons (Fsp3) is 0.588. The number of rotatable bonds is 4. The summed E-state index contributed by atoms with van der Waals surface area (Å²) in [6, 6.07) is 7.91. The number of benzene rings is 1. The van der Waals surface area contributed by atoms with Crippen LogP contribution < -0.4 is 4.74 Å². The Bertz CT molecular complexity index is 461. The lowest BCUT2D eigenvalue weighted by atomic mass is 10.2. The SMILES string of the molecule is CCc1ccc(O[C@H](C)C(=O)N2C[C@@H](C)O[C@H](C)C2)cc1. The second kappa shape index (κ2) is 6.94. The van der Waals surface area contributed by atoms with Gasteiger partial charge in [0.05, 0.1) is 12.2 Å². The van der Waals surface area contributed by atoms with Crippen molar-refractivity contribution in [1.82, 2.24) is 4.90 Å². The summed E-state index contributed by atoms with van der Waals surface area (Å²) in [5, 5.41) is 0. The molecule has 4 heteroatoms. The summed E-state index contributed by atoms with van der Waals surface area (Å²) in [6.07, 6.45) is 0.677. The van der Waals surface area contributed by atoms with Crippen LogP contribution >= 0.6 is 0 Å². The van der Waals surface area contributed by atoms with E-state index in [0.29, 0.717) is 13.1 Å². The van der Waals surface area contributed by atoms with Gasteiger partial charge in [-0.15, -0.1) is 0 Å². The van der Waals surface area contributed by atoms with E-state index < -0.39 is 6.10 Å². The van der Waals surface area contributed by atoms with Gasteiger partial charge >= 0.3 is 0 Å². The Morgan fingerprint density at radius 3 is 2.38 bits per heavy atom. The third-order valence-corrected chi connectivity index (χ3v) is 3.72. The molecule has 0 aliphatic carbocycles. The fourth-order valence-corrected chi connectivity index (χ4v) is 2.67. The highest BCUT2D eigenvalue weighted by molar-refractivity contribution is 5.81. The third-order valence-electron chi connectivity index (χ3n) is 3.72. The molecule has 1 aliphatic heterocycles. The van der Waals surface area contributed by atoms with Crippen molar-refractivity contribution < 1.29 is 14.3 Å². The Labute approximate surface area is 127 Å². The summed E-state index contributed by atoms with van der Waals surface area (Å²) in [7, 11) is 0. The number of hydrogen-bond donors (Lipinski definition) is 0. The van der Waals surface area contributed by atoms with Gasteiger partial charge in [0.2, 0.25) is 0 Å². The molecular weight excluding hydrogens is 266 g/mol. The molecule has 1 heterocycles. The number of amides is 1. The van der Waals surface area contributed by atoms with Crippen molar-refractivity contribution in [2.45, 2.75) is 52.4 Å². The Morgan fingerprint density at radius 1 is 1.29 bits per heavy atom. The zero-order valence-corrected chi connectivity index (χ0v) is 13.3. The van der Waals surface area contributed by atoms with Crippen molar-refractivity contribution in [2.24, 2.45) is 0 Å². The van der Waals surface area contributed by atoms with E-state index in [1.54, 1.807) is 6.92 Å². The molecule has 0 unspecified atom stereocenters. The zero-order valence-electron chi connectivity index (χ0n) is 13.3. The molecule has 1 amide bonds. The first-order chi connectivity index (χ1) is 9.99. The minimum atomic E-state index is -0.477. The Balaban J connectivity index is 1.95. The van der Waals surface area contributed by atoms with Gasteiger partial charge in [-0.25, -0.2) is 0 Å². The van der Waals surface area contributed by atoms with Crippen LogP contribution in [0, 0.1) is 0 Å². The van der Waals surface area contributed by atoms with Crippen molar-refractivity contribution in [1.29, 1.82) is 0 Å². The zero-order chi connectivity index (χ0) is 15.4. The van der Waals surface area contributed by atoms with Gasteiger partial charge in [0.1, 0.15) is 5.75 Å². The number of morpholine rings is 1. The van der Waals surface area contributed by atoms with E-state index in [-0.39, 0.29) is 18.1 Å². The van der Waals surface area contributed by atoms with E-state index in [1.807, 2.05) is 43.0 Å². The van der Waals surface area contributed by atoms with E-state index in [0.717, 1.165) is 12.2 Å². The molecule has 0 saturated carbocycles. The summed E-state index contributed by atoms with van der Waals surface area (Å²) in [6.45, 7) is 9.16. The molecule has 1 aliphatic rings. The normalized spacial score (nSPS) is 23.7. The molecule has 1 saturated heterocycles. The maximum absolute atomic E-state index is 12.5. The fourth-order valence-electron chi connectivity index (χ4n) is 2.67.